The molecule has 0 heterocycles. The molecule has 0 saturated heterocycles. The number of halogens is 1. The van der Waals surface area contributed by atoms with Crippen LogP contribution in [0.2, 0.25) is 5.02 Å². The number of hydrogen-bond acceptors (Lipinski definition) is 3. The Labute approximate surface area is 111 Å². The molecule has 1 aromatic carbocycles. The van der Waals surface area contributed by atoms with Crippen molar-refractivity contribution in [1.82, 2.24) is 5.32 Å². The second kappa shape index (κ2) is 7.72. The molecule has 0 aliphatic carbocycles. The lowest BCUT2D eigenvalue weighted by atomic mass is 10.1. The average Bonchev–Trinajstić information content (AvgIpc) is 2.37. The number of methoxy groups -OCH3 is 1. The van der Waals surface area contributed by atoms with Crippen LogP contribution in [0.5, 0.6) is 0 Å². The van der Waals surface area contributed by atoms with Gasteiger partial charge in [-0.1, -0.05) is 23.4 Å². The molecule has 0 aliphatic rings. The first-order valence-corrected chi connectivity index (χ1v) is 5.82. The molecule has 0 aromatic heterocycles. The van der Waals surface area contributed by atoms with Gasteiger partial charge in [-0.05, 0) is 18.2 Å². The molecule has 0 atom stereocenters. The van der Waals surface area contributed by atoms with Gasteiger partial charge in [0.2, 0.25) is 0 Å². The Kier molecular flexibility index (Phi) is 6.23. The number of amides is 1. The van der Waals surface area contributed by atoms with Crippen LogP contribution in [0.1, 0.15) is 15.9 Å². The Balaban J connectivity index is 2.74. The number of ether oxygens (including phenoxy) is 1. The molecule has 96 valence electrons. The predicted octanol–water partition coefficient (Wildman–Crippen LogP) is 1.03. The molecular weight excluding hydrogens is 252 g/mol. The highest BCUT2D eigenvalue weighted by molar-refractivity contribution is 6.32. The SMILES string of the molecule is COCCNC(=O)c1ccc(C#CCN)c(Cl)c1. The fourth-order valence-electron chi connectivity index (χ4n) is 1.27. The van der Waals surface area contributed by atoms with E-state index in [2.05, 4.69) is 17.2 Å². The zero-order valence-corrected chi connectivity index (χ0v) is 10.9. The van der Waals surface area contributed by atoms with Gasteiger partial charge in [0, 0.05) is 24.8 Å². The second-order valence-corrected chi connectivity index (χ2v) is 3.86. The van der Waals surface area contributed by atoms with Crippen LogP contribution in [0.25, 0.3) is 0 Å². The molecule has 5 heteroatoms. The van der Waals surface area contributed by atoms with Crippen molar-refractivity contribution in [2.24, 2.45) is 5.73 Å². The van der Waals surface area contributed by atoms with Gasteiger partial charge in [-0.3, -0.25) is 4.79 Å². The van der Waals surface area contributed by atoms with Crippen LogP contribution in [0, 0.1) is 11.8 Å². The summed E-state index contributed by atoms with van der Waals surface area (Å²) in [5.41, 5.74) is 6.44. The molecule has 0 unspecified atom stereocenters. The first kappa shape index (κ1) is 14.5. The topological polar surface area (TPSA) is 64.3 Å². The number of hydrogen-bond donors (Lipinski definition) is 2. The summed E-state index contributed by atoms with van der Waals surface area (Å²) < 4.78 is 4.84. The van der Waals surface area contributed by atoms with Crippen LogP contribution in [0.15, 0.2) is 18.2 Å². The van der Waals surface area contributed by atoms with Gasteiger partial charge in [-0.25, -0.2) is 0 Å². The van der Waals surface area contributed by atoms with Crippen molar-refractivity contribution in [2.45, 2.75) is 0 Å². The Morgan fingerprint density at radius 3 is 2.94 bits per heavy atom. The standard InChI is InChI=1S/C13H15ClN2O2/c1-18-8-7-16-13(17)11-5-4-10(3-2-6-15)12(14)9-11/h4-5,9H,6-8,15H2,1H3,(H,16,17). The predicted molar refractivity (Wildman–Crippen MR) is 71.6 cm³/mol. The van der Waals surface area contributed by atoms with Crippen molar-refractivity contribution in [3.8, 4) is 11.8 Å². The quantitative estimate of drug-likeness (QED) is 0.632. The monoisotopic (exact) mass is 266 g/mol. The third-order valence-electron chi connectivity index (χ3n) is 2.15. The molecular formula is C13H15ClN2O2. The molecule has 18 heavy (non-hydrogen) atoms. The molecule has 0 saturated carbocycles. The second-order valence-electron chi connectivity index (χ2n) is 3.45. The summed E-state index contributed by atoms with van der Waals surface area (Å²) in [6, 6.07) is 4.97. The maximum absolute atomic E-state index is 11.7. The summed E-state index contributed by atoms with van der Waals surface area (Å²) >= 11 is 6.02. The number of nitrogens with two attached hydrogens (primary N) is 1. The van der Waals surface area contributed by atoms with Crippen LogP contribution < -0.4 is 11.1 Å². The Morgan fingerprint density at radius 2 is 2.33 bits per heavy atom. The Hall–Kier alpha value is -1.54. The van der Waals surface area contributed by atoms with E-state index in [0.717, 1.165) is 0 Å². The minimum atomic E-state index is -0.188. The van der Waals surface area contributed by atoms with Crippen molar-refractivity contribution in [1.29, 1.82) is 0 Å². The van der Waals surface area contributed by atoms with Gasteiger partial charge in [0.15, 0.2) is 0 Å². The Bertz CT molecular complexity index is 478. The first-order valence-electron chi connectivity index (χ1n) is 5.44. The van der Waals surface area contributed by atoms with Gasteiger partial charge in [0.05, 0.1) is 18.2 Å². The van der Waals surface area contributed by atoms with Gasteiger partial charge < -0.3 is 15.8 Å². The van der Waals surface area contributed by atoms with E-state index >= 15 is 0 Å². The molecule has 3 N–H and O–H groups in total. The highest BCUT2D eigenvalue weighted by Gasteiger charge is 2.07. The van der Waals surface area contributed by atoms with Gasteiger partial charge in [0.1, 0.15) is 0 Å². The number of carbonyl (C=O) groups is 1. The number of carbonyl (C=O) groups excluding carboxylic acids is 1. The van der Waals surface area contributed by atoms with Crippen molar-refractivity contribution in [2.75, 3.05) is 26.8 Å². The van der Waals surface area contributed by atoms with Gasteiger partial charge >= 0.3 is 0 Å². The van der Waals surface area contributed by atoms with Crippen molar-refractivity contribution >= 4 is 17.5 Å². The van der Waals surface area contributed by atoms with E-state index in [1.54, 1.807) is 25.3 Å². The van der Waals surface area contributed by atoms with Crippen LogP contribution in [0.3, 0.4) is 0 Å². The molecule has 1 amide bonds. The maximum Gasteiger partial charge on any atom is 0.251 e. The van der Waals surface area contributed by atoms with E-state index < -0.39 is 0 Å². The fraction of sp³-hybridized carbons (Fsp3) is 0.308. The third-order valence-corrected chi connectivity index (χ3v) is 2.46. The molecule has 4 nitrogen and oxygen atoms in total. The van der Waals surface area contributed by atoms with Crippen LogP contribution >= 0.6 is 11.6 Å². The summed E-state index contributed by atoms with van der Waals surface area (Å²) in [6.45, 7) is 1.21. The van der Waals surface area contributed by atoms with Gasteiger partial charge in [-0.15, -0.1) is 0 Å². The van der Waals surface area contributed by atoms with E-state index in [1.807, 2.05) is 0 Å². The summed E-state index contributed by atoms with van der Waals surface area (Å²) in [6.07, 6.45) is 0. The summed E-state index contributed by atoms with van der Waals surface area (Å²) in [4.78, 5) is 11.7. The zero-order valence-electron chi connectivity index (χ0n) is 10.1. The van der Waals surface area contributed by atoms with E-state index in [9.17, 15) is 4.79 Å². The molecule has 1 rings (SSSR count). The van der Waals surface area contributed by atoms with Crippen molar-refractivity contribution in [3.63, 3.8) is 0 Å². The lowest BCUT2D eigenvalue weighted by molar-refractivity contribution is 0.0937. The minimum absolute atomic E-state index is 0.188. The van der Waals surface area contributed by atoms with E-state index in [0.29, 0.717) is 29.3 Å². The van der Waals surface area contributed by atoms with Crippen LogP contribution in [0.4, 0.5) is 0 Å². The molecule has 0 radical (unpaired) electrons. The van der Waals surface area contributed by atoms with Gasteiger partial charge in [-0.2, -0.15) is 0 Å². The van der Waals surface area contributed by atoms with Crippen molar-refractivity contribution in [3.05, 3.63) is 34.3 Å². The molecule has 0 bridgehead atoms. The number of nitrogens with one attached hydrogen (secondary N) is 1. The van der Waals surface area contributed by atoms with Crippen LogP contribution in [-0.4, -0.2) is 32.7 Å². The van der Waals surface area contributed by atoms with E-state index in [-0.39, 0.29) is 12.5 Å². The first-order chi connectivity index (χ1) is 8.69. The maximum atomic E-state index is 11.7. The fourth-order valence-corrected chi connectivity index (χ4v) is 1.50. The van der Waals surface area contributed by atoms with E-state index in [1.165, 1.54) is 0 Å². The van der Waals surface area contributed by atoms with E-state index in [4.69, 9.17) is 22.1 Å². The Morgan fingerprint density at radius 1 is 1.56 bits per heavy atom. The van der Waals surface area contributed by atoms with Crippen molar-refractivity contribution < 1.29 is 9.53 Å². The highest BCUT2D eigenvalue weighted by atomic mass is 35.5. The molecule has 0 fully saturated rings. The minimum Gasteiger partial charge on any atom is -0.383 e. The highest BCUT2D eigenvalue weighted by Crippen LogP contribution is 2.16. The number of benzene rings is 1. The smallest absolute Gasteiger partial charge is 0.251 e. The molecule has 0 aliphatic heterocycles. The largest absolute Gasteiger partial charge is 0.383 e. The lowest BCUT2D eigenvalue weighted by Crippen LogP contribution is -2.26. The molecule has 1 aromatic rings. The summed E-state index contributed by atoms with van der Waals surface area (Å²) in [7, 11) is 1.58. The zero-order chi connectivity index (χ0) is 13.4. The van der Waals surface area contributed by atoms with Gasteiger partial charge in [0.25, 0.3) is 5.91 Å². The average molecular weight is 267 g/mol. The van der Waals surface area contributed by atoms with Crippen LogP contribution in [-0.2, 0) is 4.74 Å². The lowest BCUT2D eigenvalue weighted by Gasteiger charge is -2.05. The summed E-state index contributed by atoms with van der Waals surface area (Å²) in [5.74, 6) is 5.36. The summed E-state index contributed by atoms with van der Waals surface area (Å²) in [5, 5.41) is 3.15. The third kappa shape index (κ3) is 4.38. The molecule has 0 spiro atoms. The number of rotatable bonds is 4. The normalized spacial score (nSPS) is 9.50.